The third-order valence-corrected chi connectivity index (χ3v) is 3.92. The summed E-state index contributed by atoms with van der Waals surface area (Å²) in [6.07, 6.45) is 3.21. The lowest BCUT2D eigenvalue weighted by Gasteiger charge is -2.17. The zero-order chi connectivity index (χ0) is 12.8. The van der Waals surface area contributed by atoms with Gasteiger partial charge in [0.05, 0.1) is 12.7 Å². The van der Waals surface area contributed by atoms with Crippen molar-refractivity contribution in [3.05, 3.63) is 22.4 Å². The molecule has 0 aliphatic heterocycles. The first-order valence-electron chi connectivity index (χ1n) is 6.74. The predicted molar refractivity (Wildman–Crippen MR) is 75.0 cm³/mol. The molecule has 2 unspecified atom stereocenters. The molecule has 1 fully saturated rings. The van der Waals surface area contributed by atoms with Crippen LogP contribution in [0.2, 0.25) is 0 Å². The van der Waals surface area contributed by atoms with E-state index in [0.29, 0.717) is 19.2 Å². The molecule has 0 spiro atoms. The number of rotatable bonds is 9. The van der Waals surface area contributed by atoms with Gasteiger partial charge >= 0.3 is 0 Å². The van der Waals surface area contributed by atoms with Gasteiger partial charge < -0.3 is 15.2 Å². The van der Waals surface area contributed by atoms with Gasteiger partial charge in [0.1, 0.15) is 0 Å². The van der Waals surface area contributed by atoms with Crippen LogP contribution < -0.4 is 5.32 Å². The SMILES string of the molecule is CC(Cc1ccsc1)NCC(O)COCC1CC1. The molecule has 3 nitrogen and oxygen atoms in total. The van der Waals surface area contributed by atoms with Crippen molar-refractivity contribution < 1.29 is 9.84 Å². The lowest BCUT2D eigenvalue weighted by atomic mass is 10.1. The maximum absolute atomic E-state index is 9.77. The zero-order valence-electron chi connectivity index (χ0n) is 11.0. The first-order chi connectivity index (χ1) is 8.74. The summed E-state index contributed by atoms with van der Waals surface area (Å²) in [5, 5.41) is 17.4. The maximum atomic E-state index is 9.77. The monoisotopic (exact) mass is 269 g/mol. The summed E-state index contributed by atoms with van der Waals surface area (Å²) < 4.78 is 5.47. The minimum absolute atomic E-state index is 0.387. The fourth-order valence-corrected chi connectivity index (χ4v) is 2.57. The smallest absolute Gasteiger partial charge is 0.0897 e. The van der Waals surface area contributed by atoms with E-state index in [-0.39, 0.29) is 0 Å². The third-order valence-electron chi connectivity index (χ3n) is 3.18. The summed E-state index contributed by atoms with van der Waals surface area (Å²) in [6.45, 7) is 4.03. The topological polar surface area (TPSA) is 41.5 Å². The van der Waals surface area contributed by atoms with Crippen LogP contribution in [0.4, 0.5) is 0 Å². The molecule has 1 saturated carbocycles. The molecule has 1 heterocycles. The van der Waals surface area contributed by atoms with Crippen molar-refractivity contribution in [1.82, 2.24) is 5.32 Å². The molecule has 1 aromatic rings. The largest absolute Gasteiger partial charge is 0.389 e. The van der Waals surface area contributed by atoms with Crippen molar-refractivity contribution in [1.29, 1.82) is 0 Å². The number of ether oxygens (including phenoxy) is 1. The van der Waals surface area contributed by atoms with E-state index in [4.69, 9.17) is 4.74 Å². The van der Waals surface area contributed by atoms with Crippen LogP contribution in [-0.2, 0) is 11.2 Å². The maximum Gasteiger partial charge on any atom is 0.0897 e. The minimum Gasteiger partial charge on any atom is -0.389 e. The Labute approximate surface area is 113 Å². The standard InChI is InChI=1S/C14H23NO2S/c1-11(6-13-4-5-18-10-13)15-7-14(16)9-17-8-12-2-3-12/h4-5,10-12,14-16H,2-3,6-9H2,1H3. The average molecular weight is 269 g/mol. The van der Waals surface area contributed by atoms with Gasteiger partial charge in [-0.05, 0) is 54.5 Å². The molecule has 18 heavy (non-hydrogen) atoms. The molecule has 2 rings (SSSR count). The highest BCUT2D eigenvalue weighted by atomic mass is 32.1. The summed E-state index contributed by atoms with van der Waals surface area (Å²) in [4.78, 5) is 0. The second-order valence-corrected chi connectivity index (χ2v) is 6.06. The van der Waals surface area contributed by atoms with Crippen LogP contribution in [0.25, 0.3) is 0 Å². The number of thiophene rings is 1. The van der Waals surface area contributed by atoms with E-state index in [9.17, 15) is 5.11 Å². The van der Waals surface area contributed by atoms with Crippen molar-refractivity contribution in [2.45, 2.75) is 38.3 Å². The van der Waals surface area contributed by atoms with E-state index in [0.717, 1.165) is 18.9 Å². The van der Waals surface area contributed by atoms with Gasteiger partial charge in [-0.1, -0.05) is 0 Å². The fraction of sp³-hybridized carbons (Fsp3) is 0.714. The van der Waals surface area contributed by atoms with Gasteiger partial charge in [0.15, 0.2) is 0 Å². The molecule has 1 aromatic heterocycles. The molecule has 1 aliphatic carbocycles. The molecule has 0 radical (unpaired) electrons. The lowest BCUT2D eigenvalue weighted by molar-refractivity contribution is 0.0315. The Morgan fingerprint density at radius 2 is 2.39 bits per heavy atom. The van der Waals surface area contributed by atoms with Crippen LogP contribution in [0.3, 0.4) is 0 Å². The van der Waals surface area contributed by atoms with Crippen LogP contribution in [0.5, 0.6) is 0 Å². The average Bonchev–Trinajstić information content (AvgIpc) is 3.03. The lowest BCUT2D eigenvalue weighted by Crippen LogP contribution is -2.37. The molecule has 102 valence electrons. The van der Waals surface area contributed by atoms with Gasteiger partial charge in [0, 0.05) is 19.2 Å². The van der Waals surface area contributed by atoms with Gasteiger partial charge in [-0.15, -0.1) is 0 Å². The Morgan fingerprint density at radius 3 is 3.06 bits per heavy atom. The predicted octanol–water partition coefficient (Wildman–Crippen LogP) is 2.06. The van der Waals surface area contributed by atoms with Crippen molar-refractivity contribution >= 4 is 11.3 Å². The van der Waals surface area contributed by atoms with E-state index in [1.165, 1.54) is 18.4 Å². The van der Waals surface area contributed by atoms with Crippen molar-refractivity contribution in [3.63, 3.8) is 0 Å². The van der Waals surface area contributed by atoms with Crippen molar-refractivity contribution in [2.75, 3.05) is 19.8 Å². The van der Waals surface area contributed by atoms with E-state index < -0.39 is 6.10 Å². The van der Waals surface area contributed by atoms with Gasteiger partial charge in [-0.2, -0.15) is 11.3 Å². The van der Waals surface area contributed by atoms with E-state index in [1.54, 1.807) is 11.3 Å². The zero-order valence-corrected chi connectivity index (χ0v) is 11.8. The summed E-state index contributed by atoms with van der Waals surface area (Å²) in [5.74, 6) is 0.766. The van der Waals surface area contributed by atoms with Gasteiger partial charge in [-0.3, -0.25) is 0 Å². The molecular formula is C14H23NO2S. The van der Waals surface area contributed by atoms with Crippen LogP contribution in [0.1, 0.15) is 25.3 Å². The van der Waals surface area contributed by atoms with E-state index in [1.807, 2.05) is 0 Å². The summed E-state index contributed by atoms with van der Waals surface area (Å²) in [7, 11) is 0. The third kappa shape index (κ3) is 5.48. The fourth-order valence-electron chi connectivity index (χ4n) is 1.89. The van der Waals surface area contributed by atoms with E-state index >= 15 is 0 Å². The van der Waals surface area contributed by atoms with Crippen LogP contribution in [-0.4, -0.2) is 37.0 Å². The normalized spacial score (nSPS) is 18.8. The molecular weight excluding hydrogens is 246 g/mol. The van der Waals surface area contributed by atoms with Gasteiger partial charge in [0.2, 0.25) is 0 Å². The van der Waals surface area contributed by atoms with Crippen LogP contribution in [0.15, 0.2) is 16.8 Å². The molecule has 2 N–H and O–H groups in total. The summed E-state index contributed by atoms with van der Waals surface area (Å²) >= 11 is 1.73. The molecule has 2 atom stereocenters. The molecule has 0 bridgehead atoms. The summed E-state index contributed by atoms with van der Waals surface area (Å²) in [6, 6.07) is 2.54. The second-order valence-electron chi connectivity index (χ2n) is 5.28. The Morgan fingerprint density at radius 1 is 1.56 bits per heavy atom. The Hall–Kier alpha value is -0.420. The van der Waals surface area contributed by atoms with Gasteiger partial charge in [-0.25, -0.2) is 0 Å². The van der Waals surface area contributed by atoms with Crippen LogP contribution in [0, 0.1) is 5.92 Å². The Bertz CT molecular complexity index is 325. The number of hydrogen-bond donors (Lipinski definition) is 2. The molecule has 0 saturated heterocycles. The van der Waals surface area contributed by atoms with Crippen molar-refractivity contribution in [3.8, 4) is 0 Å². The molecule has 1 aliphatic rings. The summed E-state index contributed by atoms with van der Waals surface area (Å²) in [5.41, 5.74) is 1.36. The van der Waals surface area contributed by atoms with Crippen LogP contribution >= 0.6 is 11.3 Å². The molecule has 4 heteroatoms. The second kappa shape index (κ2) is 7.24. The highest BCUT2D eigenvalue weighted by Crippen LogP contribution is 2.28. The Balaban J connectivity index is 1.52. The Kier molecular flexibility index (Phi) is 5.63. The first kappa shape index (κ1) is 14.0. The van der Waals surface area contributed by atoms with Gasteiger partial charge in [0.25, 0.3) is 0 Å². The number of nitrogens with one attached hydrogen (secondary N) is 1. The highest BCUT2D eigenvalue weighted by molar-refractivity contribution is 7.07. The quantitative estimate of drug-likeness (QED) is 0.721. The van der Waals surface area contributed by atoms with Crippen molar-refractivity contribution in [2.24, 2.45) is 5.92 Å². The number of aliphatic hydroxyl groups is 1. The minimum atomic E-state index is -0.395. The molecule has 0 amide bonds. The first-order valence-corrected chi connectivity index (χ1v) is 7.68. The molecule has 0 aromatic carbocycles. The van der Waals surface area contributed by atoms with E-state index in [2.05, 4.69) is 29.1 Å². The number of hydrogen-bond acceptors (Lipinski definition) is 4. The number of aliphatic hydroxyl groups excluding tert-OH is 1. The highest BCUT2D eigenvalue weighted by Gasteiger charge is 2.21.